The monoisotopic (exact) mass is 387 g/mol. The van der Waals surface area contributed by atoms with Gasteiger partial charge in [0, 0.05) is 0 Å². The van der Waals surface area contributed by atoms with E-state index in [4.69, 9.17) is 4.74 Å². The molecule has 0 fully saturated rings. The number of rotatable bonds is 6. The molecular formula is C18H21N5O3S. The van der Waals surface area contributed by atoms with Crippen LogP contribution in [-0.2, 0) is 10.0 Å². The van der Waals surface area contributed by atoms with E-state index in [-0.39, 0.29) is 10.8 Å². The smallest absolute Gasteiger partial charge is 0.265 e. The minimum atomic E-state index is -3.85. The summed E-state index contributed by atoms with van der Waals surface area (Å²) in [5.41, 5.74) is 2.98. The number of methoxy groups -OCH3 is 1. The molecular weight excluding hydrogens is 366 g/mol. The molecule has 0 atom stereocenters. The third-order valence-electron chi connectivity index (χ3n) is 4.18. The van der Waals surface area contributed by atoms with Crippen LogP contribution in [-0.4, -0.2) is 35.7 Å². The van der Waals surface area contributed by atoms with Crippen LogP contribution >= 0.6 is 0 Å². The van der Waals surface area contributed by atoms with Crippen LogP contribution in [0.4, 0.5) is 5.69 Å². The molecule has 0 spiro atoms. The Morgan fingerprint density at radius 3 is 2.59 bits per heavy atom. The minimum Gasteiger partial charge on any atom is -0.495 e. The summed E-state index contributed by atoms with van der Waals surface area (Å²) in [5.74, 6) is 0.494. The van der Waals surface area contributed by atoms with Crippen molar-refractivity contribution in [1.29, 1.82) is 0 Å². The molecule has 1 heterocycles. The molecule has 142 valence electrons. The van der Waals surface area contributed by atoms with E-state index in [1.807, 2.05) is 20.8 Å². The van der Waals surface area contributed by atoms with Gasteiger partial charge in [0.2, 0.25) is 0 Å². The third kappa shape index (κ3) is 3.92. The Morgan fingerprint density at radius 2 is 1.96 bits per heavy atom. The number of hydrogen-bond donors (Lipinski definition) is 1. The van der Waals surface area contributed by atoms with Crippen molar-refractivity contribution in [2.75, 3.05) is 11.8 Å². The molecule has 9 heteroatoms. The number of ether oxygens (including phenoxy) is 1. The predicted molar refractivity (Wildman–Crippen MR) is 102 cm³/mol. The summed E-state index contributed by atoms with van der Waals surface area (Å²) >= 11 is 0. The highest BCUT2D eigenvalue weighted by atomic mass is 32.2. The first-order valence-corrected chi connectivity index (χ1v) is 9.85. The fourth-order valence-electron chi connectivity index (χ4n) is 2.87. The second-order valence-electron chi connectivity index (χ2n) is 6.42. The summed E-state index contributed by atoms with van der Waals surface area (Å²) in [7, 11) is -2.39. The average molecular weight is 387 g/mol. The SMILES string of the molecule is COc1cc(C)c(C(C)C)cc1S(=O)(=O)Nc1cccc(-n2cnnn2)c1. The summed E-state index contributed by atoms with van der Waals surface area (Å²) in [4.78, 5) is 0.104. The van der Waals surface area contributed by atoms with Crippen LogP contribution in [0.5, 0.6) is 5.75 Å². The third-order valence-corrected chi connectivity index (χ3v) is 5.58. The zero-order chi connectivity index (χ0) is 19.6. The van der Waals surface area contributed by atoms with Crippen molar-refractivity contribution in [2.45, 2.75) is 31.6 Å². The molecule has 0 unspecified atom stereocenters. The number of aryl methyl sites for hydroxylation is 1. The Morgan fingerprint density at radius 1 is 1.19 bits per heavy atom. The lowest BCUT2D eigenvalue weighted by molar-refractivity contribution is 0.402. The van der Waals surface area contributed by atoms with Crippen molar-refractivity contribution in [1.82, 2.24) is 20.2 Å². The van der Waals surface area contributed by atoms with E-state index in [1.54, 1.807) is 36.4 Å². The van der Waals surface area contributed by atoms with E-state index in [9.17, 15) is 8.42 Å². The maximum absolute atomic E-state index is 13.0. The lowest BCUT2D eigenvalue weighted by Crippen LogP contribution is -2.15. The number of nitrogens with one attached hydrogen (secondary N) is 1. The van der Waals surface area contributed by atoms with Gasteiger partial charge in [-0.05, 0) is 64.7 Å². The van der Waals surface area contributed by atoms with E-state index >= 15 is 0 Å². The Kier molecular flexibility index (Phi) is 5.13. The molecule has 0 saturated carbocycles. The van der Waals surface area contributed by atoms with Crippen LogP contribution in [0, 0.1) is 6.92 Å². The molecule has 1 aromatic heterocycles. The van der Waals surface area contributed by atoms with Crippen LogP contribution in [0.25, 0.3) is 5.69 Å². The predicted octanol–water partition coefficient (Wildman–Crippen LogP) is 2.90. The summed E-state index contributed by atoms with van der Waals surface area (Å²) in [6.45, 7) is 5.99. The first kappa shape index (κ1) is 18.8. The van der Waals surface area contributed by atoms with Gasteiger partial charge < -0.3 is 4.74 Å². The van der Waals surface area contributed by atoms with Gasteiger partial charge in [0.15, 0.2) is 0 Å². The summed E-state index contributed by atoms with van der Waals surface area (Å²) < 4.78 is 35.4. The number of sulfonamides is 1. The number of hydrogen-bond acceptors (Lipinski definition) is 6. The van der Waals surface area contributed by atoms with Crippen LogP contribution in [0.2, 0.25) is 0 Å². The molecule has 0 aliphatic carbocycles. The Bertz CT molecular complexity index is 1050. The molecule has 3 rings (SSSR count). The highest BCUT2D eigenvalue weighted by Crippen LogP contribution is 2.32. The molecule has 8 nitrogen and oxygen atoms in total. The Balaban J connectivity index is 2.00. The van der Waals surface area contributed by atoms with Crippen LogP contribution in [0.3, 0.4) is 0 Å². The van der Waals surface area contributed by atoms with Gasteiger partial charge in [0.1, 0.15) is 17.0 Å². The normalized spacial score (nSPS) is 11.6. The molecule has 3 aromatic rings. The lowest BCUT2D eigenvalue weighted by Gasteiger charge is -2.17. The van der Waals surface area contributed by atoms with E-state index in [1.165, 1.54) is 18.1 Å². The first-order valence-electron chi connectivity index (χ1n) is 8.36. The van der Waals surface area contributed by atoms with Gasteiger partial charge in [0.25, 0.3) is 10.0 Å². The Labute approximate surface area is 158 Å². The molecule has 0 saturated heterocycles. The molecule has 27 heavy (non-hydrogen) atoms. The quantitative estimate of drug-likeness (QED) is 0.698. The molecule has 1 N–H and O–H groups in total. The van der Waals surface area contributed by atoms with E-state index in [2.05, 4.69) is 20.2 Å². The topological polar surface area (TPSA) is 99.0 Å². The fourth-order valence-corrected chi connectivity index (χ4v) is 4.11. The molecule has 2 aromatic carbocycles. The zero-order valence-corrected chi connectivity index (χ0v) is 16.4. The molecule has 0 bridgehead atoms. The van der Waals surface area contributed by atoms with Gasteiger partial charge in [0.05, 0.1) is 18.5 Å². The number of nitrogens with zero attached hydrogens (tertiary/aromatic N) is 4. The van der Waals surface area contributed by atoms with Gasteiger partial charge in [-0.1, -0.05) is 19.9 Å². The van der Waals surface area contributed by atoms with Crippen LogP contribution < -0.4 is 9.46 Å². The van der Waals surface area contributed by atoms with Gasteiger partial charge in [-0.15, -0.1) is 5.10 Å². The molecule has 0 aliphatic rings. The molecule has 0 amide bonds. The largest absolute Gasteiger partial charge is 0.495 e. The zero-order valence-electron chi connectivity index (χ0n) is 15.5. The van der Waals surface area contributed by atoms with Gasteiger partial charge >= 0.3 is 0 Å². The summed E-state index contributed by atoms with van der Waals surface area (Å²) in [5, 5.41) is 11.0. The Hall–Kier alpha value is -2.94. The highest BCUT2D eigenvalue weighted by molar-refractivity contribution is 7.92. The second-order valence-corrected chi connectivity index (χ2v) is 8.08. The summed E-state index contributed by atoms with van der Waals surface area (Å²) in [6, 6.07) is 10.2. The van der Waals surface area contributed by atoms with Crippen molar-refractivity contribution in [3.8, 4) is 11.4 Å². The highest BCUT2D eigenvalue weighted by Gasteiger charge is 2.22. The number of tetrazole rings is 1. The first-order chi connectivity index (χ1) is 12.8. The standard InChI is InChI=1S/C18H21N5O3S/c1-12(2)16-10-18(17(26-4)8-13(16)3)27(24,25)20-14-6-5-7-15(9-14)23-11-19-21-22-23/h5-12,20H,1-4H3. The lowest BCUT2D eigenvalue weighted by atomic mass is 9.98. The van der Waals surface area contributed by atoms with E-state index in [0.29, 0.717) is 17.1 Å². The average Bonchev–Trinajstić information content (AvgIpc) is 3.15. The molecule has 0 radical (unpaired) electrons. The molecule has 0 aliphatic heterocycles. The minimum absolute atomic E-state index is 0.104. The number of aromatic nitrogens is 4. The van der Waals surface area contributed by atoms with E-state index in [0.717, 1.165) is 11.1 Å². The summed E-state index contributed by atoms with van der Waals surface area (Å²) in [6.07, 6.45) is 1.44. The van der Waals surface area contributed by atoms with Crippen molar-refractivity contribution in [3.05, 3.63) is 53.9 Å². The van der Waals surface area contributed by atoms with Crippen molar-refractivity contribution in [3.63, 3.8) is 0 Å². The number of benzene rings is 2. The van der Waals surface area contributed by atoms with Crippen LogP contribution in [0.1, 0.15) is 30.9 Å². The van der Waals surface area contributed by atoms with Crippen molar-refractivity contribution >= 4 is 15.7 Å². The number of anilines is 1. The van der Waals surface area contributed by atoms with Crippen molar-refractivity contribution < 1.29 is 13.2 Å². The van der Waals surface area contributed by atoms with Gasteiger partial charge in [-0.2, -0.15) is 0 Å². The second kappa shape index (κ2) is 7.36. The van der Waals surface area contributed by atoms with Gasteiger partial charge in [-0.3, -0.25) is 4.72 Å². The van der Waals surface area contributed by atoms with Crippen molar-refractivity contribution in [2.24, 2.45) is 0 Å². The fraction of sp³-hybridized carbons (Fsp3) is 0.278. The van der Waals surface area contributed by atoms with Gasteiger partial charge in [-0.25, -0.2) is 13.1 Å². The van der Waals surface area contributed by atoms with E-state index < -0.39 is 10.0 Å². The maximum atomic E-state index is 13.0. The maximum Gasteiger partial charge on any atom is 0.265 e. The van der Waals surface area contributed by atoms with Crippen LogP contribution in [0.15, 0.2) is 47.6 Å².